The van der Waals surface area contributed by atoms with Crippen LogP contribution in [0.15, 0.2) is 48.5 Å². The van der Waals surface area contributed by atoms with Crippen LogP contribution >= 0.6 is 0 Å². The molecule has 1 saturated carbocycles. The minimum absolute atomic E-state index is 0.000463. The third-order valence-electron chi connectivity index (χ3n) is 7.43. The van der Waals surface area contributed by atoms with Gasteiger partial charge in [0.2, 0.25) is 5.91 Å². The maximum Gasteiger partial charge on any atom is 0.407 e. The van der Waals surface area contributed by atoms with Crippen molar-refractivity contribution in [2.75, 3.05) is 26.3 Å². The number of benzene rings is 2. The fourth-order valence-corrected chi connectivity index (χ4v) is 5.58. The van der Waals surface area contributed by atoms with Gasteiger partial charge in [-0.3, -0.25) is 9.59 Å². The molecule has 0 bridgehead atoms. The number of carboxylic acids is 1. The smallest absolute Gasteiger partial charge is 0.407 e. The van der Waals surface area contributed by atoms with Crippen molar-refractivity contribution < 1.29 is 29.0 Å². The Hall–Kier alpha value is -3.39. The number of amides is 2. The van der Waals surface area contributed by atoms with Crippen LogP contribution in [0.4, 0.5) is 4.79 Å². The molecule has 2 fully saturated rings. The highest BCUT2D eigenvalue weighted by molar-refractivity contribution is 5.82. The summed E-state index contributed by atoms with van der Waals surface area (Å²) in [5, 5.41) is 12.3. The topological polar surface area (TPSA) is 105 Å². The van der Waals surface area contributed by atoms with Crippen LogP contribution in [0.25, 0.3) is 11.1 Å². The van der Waals surface area contributed by atoms with Gasteiger partial charge < -0.3 is 24.8 Å². The van der Waals surface area contributed by atoms with Crippen LogP contribution in [0.3, 0.4) is 0 Å². The third kappa shape index (κ3) is 4.50. The normalized spacial score (nSPS) is 24.9. The SMILES string of the molecule is CCOC1CN(C(=O)C2CC(NC(=O)OCC3c4ccccc4-c4ccccc43)C2)CC1C(=O)O. The minimum atomic E-state index is -0.942. The molecule has 1 heterocycles. The number of fused-ring (bicyclic) bond motifs is 3. The Morgan fingerprint density at radius 3 is 2.23 bits per heavy atom. The fourth-order valence-electron chi connectivity index (χ4n) is 5.58. The van der Waals surface area contributed by atoms with Crippen molar-refractivity contribution >= 4 is 18.0 Å². The maximum atomic E-state index is 12.8. The summed E-state index contributed by atoms with van der Waals surface area (Å²) in [6.07, 6.45) is 0.0928. The number of carbonyl (C=O) groups excluding carboxylic acids is 2. The first-order valence-corrected chi connectivity index (χ1v) is 12.2. The van der Waals surface area contributed by atoms with Crippen LogP contribution in [0.1, 0.15) is 36.8 Å². The Morgan fingerprint density at radius 1 is 1.00 bits per heavy atom. The molecule has 2 aromatic rings. The number of aliphatic carboxylic acids is 1. The highest BCUT2D eigenvalue weighted by atomic mass is 16.5. The lowest BCUT2D eigenvalue weighted by atomic mass is 9.79. The third-order valence-corrected chi connectivity index (χ3v) is 7.43. The number of hydrogen-bond donors (Lipinski definition) is 2. The van der Waals surface area contributed by atoms with Gasteiger partial charge in [-0.2, -0.15) is 0 Å². The van der Waals surface area contributed by atoms with Crippen LogP contribution in [-0.4, -0.2) is 66.4 Å². The lowest BCUT2D eigenvalue weighted by Gasteiger charge is -2.36. The van der Waals surface area contributed by atoms with Gasteiger partial charge in [-0.1, -0.05) is 48.5 Å². The molecule has 1 aliphatic heterocycles. The molecular formula is C27H30N2O6. The lowest BCUT2D eigenvalue weighted by Crippen LogP contribution is -2.50. The highest BCUT2D eigenvalue weighted by Gasteiger charge is 2.45. The van der Waals surface area contributed by atoms with Gasteiger partial charge in [-0.25, -0.2) is 4.79 Å². The fraction of sp³-hybridized carbons (Fsp3) is 0.444. The number of carbonyl (C=O) groups is 3. The number of alkyl carbamates (subject to hydrolysis) is 1. The van der Waals surface area contributed by atoms with Gasteiger partial charge in [0, 0.05) is 37.6 Å². The molecule has 0 spiro atoms. The van der Waals surface area contributed by atoms with Gasteiger partial charge in [0.25, 0.3) is 0 Å². The molecule has 8 nitrogen and oxygen atoms in total. The second kappa shape index (κ2) is 9.70. The van der Waals surface area contributed by atoms with E-state index in [2.05, 4.69) is 29.6 Å². The summed E-state index contributed by atoms with van der Waals surface area (Å²) in [7, 11) is 0. The van der Waals surface area contributed by atoms with Crippen molar-refractivity contribution in [1.82, 2.24) is 10.2 Å². The number of carboxylic acid groups (broad SMARTS) is 1. The van der Waals surface area contributed by atoms with Gasteiger partial charge in [-0.05, 0) is 42.0 Å². The molecule has 2 aromatic carbocycles. The Morgan fingerprint density at radius 2 is 1.63 bits per heavy atom. The quantitative estimate of drug-likeness (QED) is 0.633. The Balaban J connectivity index is 1.11. The maximum absolute atomic E-state index is 12.8. The summed E-state index contributed by atoms with van der Waals surface area (Å²) in [6.45, 7) is 2.93. The summed E-state index contributed by atoms with van der Waals surface area (Å²) in [5.41, 5.74) is 4.67. The second-order valence-corrected chi connectivity index (χ2v) is 9.52. The number of nitrogens with zero attached hydrogens (tertiary/aromatic N) is 1. The van der Waals surface area contributed by atoms with Crippen molar-refractivity contribution in [2.24, 2.45) is 11.8 Å². The first-order valence-electron chi connectivity index (χ1n) is 12.2. The van der Waals surface area contributed by atoms with Crippen LogP contribution < -0.4 is 5.32 Å². The molecular weight excluding hydrogens is 448 g/mol. The van der Waals surface area contributed by atoms with Gasteiger partial charge in [0.05, 0.1) is 6.10 Å². The van der Waals surface area contributed by atoms with E-state index in [-0.39, 0.29) is 36.9 Å². The standard InChI is InChI=1S/C27H30N2O6/c1-2-34-24-14-29(13-22(24)26(31)32)25(30)16-11-17(12-16)28-27(33)35-15-23-20-9-5-3-7-18(20)19-8-4-6-10-21(19)23/h3-10,16-17,22-24H,2,11-15H2,1H3,(H,28,33)(H,31,32). The van der Waals surface area contributed by atoms with E-state index in [1.54, 1.807) is 4.90 Å². The first-order chi connectivity index (χ1) is 17.0. The summed E-state index contributed by atoms with van der Waals surface area (Å²) in [5.74, 6) is -1.93. The molecule has 2 aliphatic carbocycles. The summed E-state index contributed by atoms with van der Waals surface area (Å²) < 4.78 is 11.1. The van der Waals surface area contributed by atoms with Crippen LogP contribution in [-0.2, 0) is 19.1 Å². The van der Waals surface area contributed by atoms with Crippen molar-refractivity contribution in [1.29, 1.82) is 0 Å². The molecule has 0 aromatic heterocycles. The molecule has 2 unspecified atom stereocenters. The zero-order chi connectivity index (χ0) is 24.5. The predicted molar refractivity (Wildman–Crippen MR) is 128 cm³/mol. The van der Waals surface area contributed by atoms with E-state index < -0.39 is 24.1 Å². The number of ether oxygens (including phenoxy) is 2. The number of rotatable bonds is 7. The zero-order valence-corrected chi connectivity index (χ0v) is 19.7. The van der Waals surface area contributed by atoms with E-state index in [9.17, 15) is 19.5 Å². The number of nitrogens with one attached hydrogen (secondary N) is 1. The summed E-state index contributed by atoms with van der Waals surface area (Å²) in [6, 6.07) is 16.2. The van der Waals surface area contributed by atoms with Crippen LogP contribution in [0, 0.1) is 11.8 Å². The molecule has 5 rings (SSSR count). The largest absolute Gasteiger partial charge is 0.481 e. The van der Waals surface area contributed by atoms with Gasteiger partial charge in [-0.15, -0.1) is 0 Å². The lowest BCUT2D eigenvalue weighted by molar-refractivity contribution is -0.145. The number of hydrogen-bond acceptors (Lipinski definition) is 5. The minimum Gasteiger partial charge on any atom is -0.481 e. The van der Waals surface area contributed by atoms with Gasteiger partial charge in [0.1, 0.15) is 12.5 Å². The molecule has 35 heavy (non-hydrogen) atoms. The molecule has 3 aliphatic rings. The average Bonchev–Trinajstić information content (AvgIpc) is 3.39. The molecule has 2 amide bonds. The molecule has 1 saturated heterocycles. The van der Waals surface area contributed by atoms with Crippen LogP contribution in [0.2, 0.25) is 0 Å². The monoisotopic (exact) mass is 478 g/mol. The summed E-state index contributed by atoms with van der Waals surface area (Å²) >= 11 is 0. The highest BCUT2D eigenvalue weighted by Crippen LogP contribution is 2.44. The molecule has 8 heteroatoms. The first kappa shape index (κ1) is 23.4. The average molecular weight is 479 g/mol. The molecule has 184 valence electrons. The van der Waals surface area contributed by atoms with Crippen molar-refractivity contribution in [3.05, 3.63) is 59.7 Å². The van der Waals surface area contributed by atoms with E-state index in [1.807, 2.05) is 31.2 Å². The molecule has 2 atom stereocenters. The van der Waals surface area contributed by atoms with E-state index in [0.717, 1.165) is 11.1 Å². The van der Waals surface area contributed by atoms with E-state index >= 15 is 0 Å². The van der Waals surface area contributed by atoms with E-state index in [1.165, 1.54) is 11.1 Å². The Bertz CT molecular complexity index is 1080. The van der Waals surface area contributed by atoms with Crippen molar-refractivity contribution in [3.63, 3.8) is 0 Å². The van der Waals surface area contributed by atoms with Crippen molar-refractivity contribution in [3.8, 4) is 11.1 Å². The van der Waals surface area contributed by atoms with Crippen molar-refractivity contribution in [2.45, 2.75) is 37.8 Å². The number of likely N-dealkylation sites (tertiary alicyclic amines) is 1. The van der Waals surface area contributed by atoms with Crippen LogP contribution in [0.5, 0.6) is 0 Å². The second-order valence-electron chi connectivity index (χ2n) is 9.52. The summed E-state index contributed by atoms with van der Waals surface area (Å²) in [4.78, 5) is 38.4. The predicted octanol–water partition coefficient (Wildman–Crippen LogP) is 3.25. The Kier molecular flexibility index (Phi) is 6.47. The molecule has 0 radical (unpaired) electrons. The van der Waals surface area contributed by atoms with Gasteiger partial charge in [0.15, 0.2) is 0 Å². The Labute approximate surface area is 204 Å². The van der Waals surface area contributed by atoms with E-state index in [4.69, 9.17) is 9.47 Å². The zero-order valence-electron chi connectivity index (χ0n) is 19.7. The molecule has 2 N–H and O–H groups in total. The van der Waals surface area contributed by atoms with E-state index in [0.29, 0.717) is 26.0 Å². The van der Waals surface area contributed by atoms with Gasteiger partial charge >= 0.3 is 12.1 Å².